The van der Waals surface area contributed by atoms with Crippen LogP contribution in [-0.4, -0.2) is 0 Å². The highest BCUT2D eigenvalue weighted by Crippen LogP contribution is 2.21. The summed E-state index contributed by atoms with van der Waals surface area (Å²) >= 11 is 12.0. The summed E-state index contributed by atoms with van der Waals surface area (Å²) in [6.45, 7) is 2.74. The molecule has 1 N–H and O–H groups in total. The fraction of sp³-hybridized carbons (Fsp3) is 0.143. The molecule has 2 aromatic rings. The van der Waals surface area contributed by atoms with E-state index in [-0.39, 0.29) is 0 Å². The highest BCUT2D eigenvalue weighted by Gasteiger charge is 2.01. The third-order valence-electron chi connectivity index (χ3n) is 2.62. The first-order valence-electron chi connectivity index (χ1n) is 5.40. The molecule has 0 radical (unpaired) electrons. The van der Waals surface area contributed by atoms with Gasteiger partial charge in [-0.05, 0) is 42.3 Å². The van der Waals surface area contributed by atoms with Gasteiger partial charge >= 0.3 is 0 Å². The van der Waals surface area contributed by atoms with Crippen LogP contribution in [-0.2, 0) is 6.54 Å². The highest BCUT2D eigenvalue weighted by molar-refractivity contribution is 6.31. The summed E-state index contributed by atoms with van der Waals surface area (Å²) in [5.41, 5.74) is 3.29. The fourth-order valence-electron chi connectivity index (χ4n) is 1.66. The van der Waals surface area contributed by atoms with E-state index in [2.05, 4.69) is 5.32 Å². The minimum Gasteiger partial charge on any atom is -0.381 e. The van der Waals surface area contributed by atoms with Crippen molar-refractivity contribution in [1.29, 1.82) is 0 Å². The molecule has 0 saturated heterocycles. The molecule has 0 aliphatic heterocycles. The van der Waals surface area contributed by atoms with Gasteiger partial charge in [0.25, 0.3) is 0 Å². The monoisotopic (exact) mass is 265 g/mol. The van der Waals surface area contributed by atoms with E-state index in [4.69, 9.17) is 23.2 Å². The Morgan fingerprint density at radius 1 is 1.06 bits per heavy atom. The summed E-state index contributed by atoms with van der Waals surface area (Å²) in [5.74, 6) is 0. The Hall–Kier alpha value is -1.18. The maximum atomic E-state index is 6.09. The number of anilines is 1. The van der Waals surface area contributed by atoms with Crippen molar-refractivity contribution in [3.05, 3.63) is 63.6 Å². The topological polar surface area (TPSA) is 12.0 Å². The summed E-state index contributed by atoms with van der Waals surface area (Å²) in [4.78, 5) is 0. The number of hydrogen-bond donors (Lipinski definition) is 1. The van der Waals surface area contributed by atoms with Crippen molar-refractivity contribution >= 4 is 28.9 Å². The lowest BCUT2D eigenvalue weighted by molar-refractivity contribution is 1.14. The number of hydrogen-bond acceptors (Lipinski definition) is 1. The molecule has 0 saturated carbocycles. The molecule has 3 heteroatoms. The minimum atomic E-state index is 0.710. The molecule has 2 rings (SSSR count). The van der Waals surface area contributed by atoms with Crippen molar-refractivity contribution in [3.63, 3.8) is 0 Å². The summed E-state index contributed by atoms with van der Waals surface area (Å²) in [6.07, 6.45) is 0. The van der Waals surface area contributed by atoms with Crippen LogP contribution >= 0.6 is 23.2 Å². The summed E-state index contributed by atoms with van der Waals surface area (Å²) < 4.78 is 0. The van der Waals surface area contributed by atoms with Crippen LogP contribution in [0, 0.1) is 6.92 Å². The lowest BCUT2D eigenvalue weighted by atomic mass is 10.2. The van der Waals surface area contributed by atoms with Crippen LogP contribution in [0.4, 0.5) is 5.69 Å². The van der Waals surface area contributed by atoms with Gasteiger partial charge in [-0.3, -0.25) is 0 Å². The molecule has 0 spiro atoms. The molecule has 0 heterocycles. The lowest BCUT2D eigenvalue weighted by Crippen LogP contribution is -2.01. The third kappa shape index (κ3) is 3.15. The molecule has 2 aromatic carbocycles. The second-order valence-electron chi connectivity index (χ2n) is 3.90. The third-order valence-corrected chi connectivity index (χ3v) is 3.22. The van der Waals surface area contributed by atoms with E-state index in [1.807, 2.05) is 49.4 Å². The van der Waals surface area contributed by atoms with Gasteiger partial charge in [-0.25, -0.2) is 0 Å². The van der Waals surface area contributed by atoms with Crippen molar-refractivity contribution < 1.29 is 0 Å². The predicted molar refractivity (Wildman–Crippen MR) is 75.0 cm³/mol. The first-order chi connectivity index (χ1) is 8.16. The van der Waals surface area contributed by atoms with E-state index >= 15 is 0 Å². The average Bonchev–Trinajstić information content (AvgIpc) is 2.30. The zero-order valence-electron chi connectivity index (χ0n) is 9.50. The zero-order chi connectivity index (χ0) is 12.3. The van der Waals surface area contributed by atoms with Gasteiger partial charge in [0.2, 0.25) is 0 Å². The van der Waals surface area contributed by atoms with E-state index in [0.29, 0.717) is 6.54 Å². The van der Waals surface area contributed by atoms with Gasteiger partial charge in [-0.2, -0.15) is 0 Å². The van der Waals surface area contributed by atoms with Crippen molar-refractivity contribution in [2.75, 3.05) is 5.32 Å². The molecule has 88 valence electrons. The van der Waals surface area contributed by atoms with Gasteiger partial charge in [0, 0.05) is 22.3 Å². The average molecular weight is 266 g/mol. The number of nitrogens with one attached hydrogen (secondary N) is 1. The number of rotatable bonds is 3. The van der Waals surface area contributed by atoms with Crippen LogP contribution in [0.15, 0.2) is 42.5 Å². The Morgan fingerprint density at radius 3 is 2.53 bits per heavy atom. The minimum absolute atomic E-state index is 0.710. The Kier molecular flexibility index (Phi) is 3.93. The fourth-order valence-corrected chi connectivity index (χ4v) is 2.09. The van der Waals surface area contributed by atoms with Crippen LogP contribution in [0.1, 0.15) is 11.1 Å². The summed E-state index contributed by atoms with van der Waals surface area (Å²) in [5, 5.41) is 4.89. The first kappa shape index (κ1) is 12.3. The molecule has 0 aliphatic carbocycles. The van der Waals surface area contributed by atoms with E-state index in [1.165, 1.54) is 0 Å². The molecule has 1 nitrogen and oxygen atoms in total. The molecular formula is C14H13Cl2N. The molecule has 0 bridgehead atoms. The maximum Gasteiger partial charge on any atom is 0.0455 e. The molecule has 0 aliphatic rings. The second-order valence-corrected chi connectivity index (χ2v) is 4.75. The molecule has 0 aromatic heterocycles. The summed E-state index contributed by atoms with van der Waals surface area (Å²) in [7, 11) is 0. The molecule has 17 heavy (non-hydrogen) atoms. The highest BCUT2D eigenvalue weighted by atomic mass is 35.5. The van der Waals surface area contributed by atoms with E-state index in [1.54, 1.807) is 0 Å². The number of benzene rings is 2. The molecular weight excluding hydrogens is 253 g/mol. The van der Waals surface area contributed by atoms with Crippen molar-refractivity contribution in [2.45, 2.75) is 13.5 Å². The Bertz CT molecular complexity index is 523. The van der Waals surface area contributed by atoms with Gasteiger partial charge in [0.1, 0.15) is 0 Å². The van der Waals surface area contributed by atoms with E-state index in [0.717, 1.165) is 26.9 Å². The van der Waals surface area contributed by atoms with Crippen LogP contribution in [0.2, 0.25) is 10.0 Å². The molecule has 0 fully saturated rings. The quantitative estimate of drug-likeness (QED) is 0.831. The van der Waals surface area contributed by atoms with Gasteiger partial charge in [-0.15, -0.1) is 0 Å². The largest absolute Gasteiger partial charge is 0.381 e. The van der Waals surface area contributed by atoms with Crippen LogP contribution in [0.5, 0.6) is 0 Å². The van der Waals surface area contributed by atoms with Crippen molar-refractivity contribution in [2.24, 2.45) is 0 Å². The van der Waals surface area contributed by atoms with E-state index in [9.17, 15) is 0 Å². The molecule has 0 atom stereocenters. The van der Waals surface area contributed by atoms with Crippen LogP contribution in [0.3, 0.4) is 0 Å². The smallest absolute Gasteiger partial charge is 0.0455 e. The van der Waals surface area contributed by atoms with Gasteiger partial charge in [-0.1, -0.05) is 41.4 Å². The zero-order valence-corrected chi connectivity index (χ0v) is 11.0. The maximum absolute atomic E-state index is 6.09. The summed E-state index contributed by atoms with van der Waals surface area (Å²) in [6, 6.07) is 13.6. The first-order valence-corrected chi connectivity index (χ1v) is 6.16. The van der Waals surface area contributed by atoms with Crippen molar-refractivity contribution in [1.82, 2.24) is 0 Å². The molecule has 0 amide bonds. The predicted octanol–water partition coefficient (Wildman–Crippen LogP) is 4.91. The molecule has 0 unspecified atom stereocenters. The number of halogens is 2. The normalized spacial score (nSPS) is 10.3. The van der Waals surface area contributed by atoms with Gasteiger partial charge in [0.05, 0.1) is 0 Å². The SMILES string of the molecule is Cc1cc(Cl)ccc1NCc1ccccc1Cl. The lowest BCUT2D eigenvalue weighted by Gasteiger charge is -2.10. The Morgan fingerprint density at radius 2 is 1.82 bits per heavy atom. The Balaban J connectivity index is 2.10. The van der Waals surface area contributed by atoms with Gasteiger partial charge in [0.15, 0.2) is 0 Å². The number of aryl methyl sites for hydroxylation is 1. The van der Waals surface area contributed by atoms with Gasteiger partial charge < -0.3 is 5.32 Å². The van der Waals surface area contributed by atoms with Crippen molar-refractivity contribution in [3.8, 4) is 0 Å². The second kappa shape index (κ2) is 5.44. The van der Waals surface area contributed by atoms with E-state index < -0.39 is 0 Å². The van der Waals surface area contributed by atoms with Crippen LogP contribution < -0.4 is 5.32 Å². The Labute approximate surface area is 111 Å². The van der Waals surface area contributed by atoms with Crippen LogP contribution in [0.25, 0.3) is 0 Å². The standard InChI is InChI=1S/C14H13Cl2N/c1-10-8-12(15)6-7-14(10)17-9-11-4-2-3-5-13(11)16/h2-8,17H,9H2,1H3.